The van der Waals surface area contributed by atoms with Gasteiger partial charge in [-0.2, -0.15) is 0 Å². The summed E-state index contributed by atoms with van der Waals surface area (Å²) in [4.78, 5) is 0. The van der Waals surface area contributed by atoms with Crippen LogP contribution in [0.2, 0.25) is 0 Å². The quantitative estimate of drug-likeness (QED) is 0.551. The summed E-state index contributed by atoms with van der Waals surface area (Å²) in [7, 11) is 3.37. The van der Waals surface area contributed by atoms with E-state index in [9.17, 15) is 0 Å². The molecule has 2 unspecified atom stereocenters. The van der Waals surface area contributed by atoms with Crippen molar-refractivity contribution in [3.63, 3.8) is 0 Å². The first kappa shape index (κ1) is 16.0. The smallest absolute Gasteiger partial charge is 0.320 e. The van der Waals surface area contributed by atoms with Gasteiger partial charge in [0.25, 0.3) is 0 Å². The van der Waals surface area contributed by atoms with Gasteiger partial charge in [-0.3, -0.25) is 0 Å². The van der Waals surface area contributed by atoms with Crippen LogP contribution in [-0.2, 0) is 29.3 Å². The highest BCUT2D eigenvalue weighted by Gasteiger charge is 2.59. The Bertz CT molecular complexity index is 267. The monoisotopic (exact) mass is 277 g/mol. The Morgan fingerprint density at radius 2 is 1.44 bits per heavy atom. The lowest BCUT2D eigenvalue weighted by molar-refractivity contribution is -0.132. The molecule has 0 aliphatic carbocycles. The van der Waals surface area contributed by atoms with Crippen molar-refractivity contribution in [3.05, 3.63) is 12.7 Å². The number of hydrogen-bond acceptors (Lipinski definition) is 4. The van der Waals surface area contributed by atoms with Gasteiger partial charge in [-0.15, -0.1) is 8.37 Å². The van der Waals surface area contributed by atoms with Crippen molar-refractivity contribution in [2.24, 2.45) is 0 Å². The zero-order valence-corrected chi connectivity index (χ0v) is 13.0. The molecule has 1 saturated heterocycles. The lowest BCUT2D eigenvalue weighted by Crippen LogP contribution is -2.53. The van der Waals surface area contributed by atoms with E-state index in [4.69, 9.17) is 17.8 Å². The summed E-state index contributed by atoms with van der Waals surface area (Å²) in [5.74, 6) is 0.687. The molecule has 1 fully saturated rings. The zero-order chi connectivity index (χ0) is 14.0. The van der Waals surface area contributed by atoms with Gasteiger partial charge in [0.15, 0.2) is 18.0 Å². The van der Waals surface area contributed by atoms with Crippen molar-refractivity contribution in [2.75, 3.05) is 20.0 Å². The highest BCUT2D eigenvalue weighted by atomic mass is 32.2. The lowest BCUT2D eigenvalue weighted by Gasteiger charge is -2.34. The van der Waals surface area contributed by atoms with Crippen LogP contribution in [0.4, 0.5) is 0 Å². The van der Waals surface area contributed by atoms with Gasteiger partial charge in [-0.1, -0.05) is 6.58 Å². The maximum atomic E-state index is 5.99. The van der Waals surface area contributed by atoms with Gasteiger partial charge in [0, 0.05) is 14.2 Å². The number of methoxy groups -OCH3 is 2. The van der Waals surface area contributed by atoms with Crippen LogP contribution in [0.15, 0.2) is 12.7 Å². The van der Waals surface area contributed by atoms with Gasteiger partial charge in [-0.25, -0.2) is 0 Å². The van der Waals surface area contributed by atoms with E-state index in [0.29, 0.717) is 5.75 Å². The molecular weight excluding hydrogens is 252 g/mol. The fourth-order valence-corrected chi connectivity index (χ4v) is 3.25. The second-order valence-corrected chi connectivity index (χ2v) is 6.73. The minimum absolute atomic E-state index is 0.166. The minimum Gasteiger partial charge on any atom is -0.376 e. The van der Waals surface area contributed by atoms with Crippen LogP contribution in [0.25, 0.3) is 0 Å². The first-order chi connectivity index (χ1) is 8.28. The van der Waals surface area contributed by atoms with E-state index >= 15 is 0 Å². The predicted molar refractivity (Wildman–Crippen MR) is 74.4 cm³/mol. The molecule has 0 radical (unpaired) electrons. The van der Waals surface area contributed by atoms with Gasteiger partial charge in [0.05, 0.1) is 11.2 Å². The summed E-state index contributed by atoms with van der Waals surface area (Å²) in [6, 6.07) is 0. The molecule has 0 aromatic rings. The van der Waals surface area contributed by atoms with E-state index in [0.717, 1.165) is 0 Å². The van der Waals surface area contributed by atoms with Crippen LogP contribution in [0, 0.1) is 0 Å². The molecule has 0 saturated carbocycles. The second kappa shape index (κ2) is 5.92. The molecular formula is C13H25O4S+. The highest BCUT2D eigenvalue weighted by molar-refractivity contribution is 7.88. The number of rotatable bonds is 6. The summed E-state index contributed by atoms with van der Waals surface area (Å²) in [5, 5.41) is 0. The van der Waals surface area contributed by atoms with Crippen molar-refractivity contribution in [3.8, 4) is 0 Å². The zero-order valence-electron chi connectivity index (χ0n) is 12.2. The van der Waals surface area contributed by atoms with E-state index in [1.165, 1.54) is 0 Å². The predicted octanol–water partition coefficient (Wildman–Crippen LogP) is 2.25. The van der Waals surface area contributed by atoms with Crippen LogP contribution in [0.5, 0.6) is 0 Å². The fourth-order valence-electron chi connectivity index (χ4n) is 1.72. The fraction of sp³-hybridized carbons (Fsp3) is 0.846. The van der Waals surface area contributed by atoms with Crippen LogP contribution in [-0.4, -0.2) is 43.4 Å². The van der Waals surface area contributed by atoms with Crippen LogP contribution >= 0.6 is 0 Å². The summed E-state index contributed by atoms with van der Waals surface area (Å²) in [6.45, 7) is 11.7. The average molecular weight is 277 g/mol. The Hall–Kier alpha value is -0.0700. The van der Waals surface area contributed by atoms with E-state index in [2.05, 4.69) is 6.58 Å². The maximum absolute atomic E-state index is 5.99. The molecule has 0 N–H and O–H groups in total. The SMILES string of the molecule is C=CC[S+]1OC(C(C)(C)OC)C(C(C)(C)OC)O1. The van der Waals surface area contributed by atoms with E-state index < -0.39 is 22.7 Å². The Balaban J connectivity index is 2.93. The van der Waals surface area contributed by atoms with Crippen LogP contribution in [0.3, 0.4) is 0 Å². The summed E-state index contributed by atoms with van der Waals surface area (Å²) in [5.41, 5.74) is -0.854. The Kier molecular flexibility index (Phi) is 5.26. The molecule has 5 heteroatoms. The average Bonchev–Trinajstić information content (AvgIpc) is 2.75. The van der Waals surface area contributed by atoms with Gasteiger partial charge >= 0.3 is 11.5 Å². The largest absolute Gasteiger partial charge is 0.376 e. The third kappa shape index (κ3) is 3.27. The van der Waals surface area contributed by atoms with Crippen molar-refractivity contribution in [1.82, 2.24) is 0 Å². The third-order valence-electron chi connectivity index (χ3n) is 3.37. The minimum atomic E-state index is -0.562. The molecule has 0 aromatic carbocycles. The van der Waals surface area contributed by atoms with Crippen molar-refractivity contribution < 1.29 is 17.8 Å². The number of ether oxygens (including phenoxy) is 2. The molecule has 0 amide bonds. The Morgan fingerprint density at radius 1 is 1.06 bits per heavy atom. The molecule has 0 spiro atoms. The van der Waals surface area contributed by atoms with Crippen LogP contribution < -0.4 is 0 Å². The van der Waals surface area contributed by atoms with E-state index in [-0.39, 0.29) is 12.2 Å². The topological polar surface area (TPSA) is 36.9 Å². The molecule has 18 heavy (non-hydrogen) atoms. The first-order valence-electron chi connectivity index (χ1n) is 6.05. The molecule has 4 nitrogen and oxygen atoms in total. The molecule has 1 aliphatic heterocycles. The molecule has 0 aromatic heterocycles. The normalized spacial score (nSPS) is 29.6. The molecule has 106 valence electrons. The molecule has 1 aliphatic rings. The summed E-state index contributed by atoms with van der Waals surface area (Å²) >= 11 is -0.562. The first-order valence-corrected chi connectivity index (χ1v) is 7.29. The standard InChI is InChI=1S/C13H25O4S/c1-8-9-18-16-10(12(2,3)14-6)11(17-18)13(4,5)15-7/h8,10-11H,1,9H2,2-7H3/q+1. The van der Waals surface area contributed by atoms with Gasteiger partial charge in [-0.05, 0) is 33.8 Å². The Morgan fingerprint density at radius 3 is 1.72 bits per heavy atom. The van der Waals surface area contributed by atoms with Crippen molar-refractivity contribution in [2.45, 2.75) is 51.1 Å². The lowest BCUT2D eigenvalue weighted by atomic mass is 9.87. The molecule has 2 atom stereocenters. The second-order valence-electron chi connectivity index (χ2n) is 5.41. The van der Waals surface area contributed by atoms with Gasteiger partial charge in [0.2, 0.25) is 0 Å². The van der Waals surface area contributed by atoms with Crippen molar-refractivity contribution >= 4 is 11.5 Å². The Labute approximate surface area is 113 Å². The number of hydrogen-bond donors (Lipinski definition) is 0. The summed E-state index contributed by atoms with van der Waals surface area (Å²) in [6.07, 6.45) is 1.48. The van der Waals surface area contributed by atoms with E-state index in [1.54, 1.807) is 14.2 Å². The van der Waals surface area contributed by atoms with Gasteiger partial charge < -0.3 is 9.47 Å². The van der Waals surface area contributed by atoms with Crippen molar-refractivity contribution in [1.29, 1.82) is 0 Å². The highest BCUT2D eigenvalue weighted by Crippen LogP contribution is 2.38. The molecule has 1 heterocycles. The maximum Gasteiger partial charge on any atom is 0.320 e. The van der Waals surface area contributed by atoms with E-state index in [1.807, 2.05) is 33.8 Å². The molecule has 0 bridgehead atoms. The van der Waals surface area contributed by atoms with Crippen LogP contribution in [0.1, 0.15) is 27.7 Å². The third-order valence-corrected chi connectivity index (χ3v) is 4.73. The molecule has 1 rings (SSSR count). The van der Waals surface area contributed by atoms with Gasteiger partial charge in [0.1, 0.15) is 0 Å². The summed E-state index contributed by atoms with van der Waals surface area (Å²) < 4.78 is 23.0.